The highest BCUT2D eigenvalue weighted by Gasteiger charge is 2.16. The summed E-state index contributed by atoms with van der Waals surface area (Å²) in [4.78, 5) is 17.2. The summed E-state index contributed by atoms with van der Waals surface area (Å²) in [5.41, 5.74) is 5.57. The van der Waals surface area contributed by atoms with Crippen molar-refractivity contribution in [3.05, 3.63) is 75.7 Å². The molecule has 1 heterocycles. The van der Waals surface area contributed by atoms with Crippen LogP contribution in [0.1, 0.15) is 36.1 Å². The molecule has 0 bridgehead atoms. The highest BCUT2D eigenvalue weighted by molar-refractivity contribution is 5.98. The summed E-state index contributed by atoms with van der Waals surface area (Å²) >= 11 is 0. The molecule has 8 heteroatoms. The maximum Gasteiger partial charge on any atom is 0.368 e. The quantitative estimate of drug-likeness (QED) is 0.443. The Bertz CT molecular complexity index is 1170. The molecule has 8 nitrogen and oxygen atoms in total. The second kappa shape index (κ2) is 8.77. The molecule has 0 saturated carbocycles. The van der Waals surface area contributed by atoms with Crippen molar-refractivity contribution in [1.82, 2.24) is 19.8 Å². The topological polar surface area (TPSA) is 83.5 Å². The van der Waals surface area contributed by atoms with Crippen LogP contribution >= 0.6 is 0 Å². The molecule has 0 aliphatic rings. The lowest BCUT2D eigenvalue weighted by molar-refractivity contribution is 0.213. The maximum atomic E-state index is 12.4. The fraction of sp³-hybridized carbons (Fsp3) is 0.273. The summed E-state index contributed by atoms with van der Waals surface area (Å²) < 4.78 is 8.59. The molecule has 0 fully saturated rings. The van der Waals surface area contributed by atoms with Crippen LogP contribution in [0.2, 0.25) is 0 Å². The van der Waals surface area contributed by atoms with Crippen LogP contribution in [0.15, 0.2) is 52.9 Å². The van der Waals surface area contributed by atoms with Crippen LogP contribution in [-0.2, 0) is 18.5 Å². The third kappa shape index (κ3) is 4.17. The van der Waals surface area contributed by atoms with Gasteiger partial charge in [-0.1, -0.05) is 29.4 Å². The van der Waals surface area contributed by atoms with Gasteiger partial charge in [-0.15, -0.1) is 0 Å². The van der Waals surface area contributed by atoms with Gasteiger partial charge in [-0.25, -0.2) is 4.79 Å². The number of hydrogen-bond donors (Lipinski definition) is 0. The van der Waals surface area contributed by atoms with Gasteiger partial charge < -0.3 is 9.57 Å². The first-order valence-corrected chi connectivity index (χ1v) is 9.42. The van der Waals surface area contributed by atoms with Crippen molar-refractivity contribution in [1.29, 1.82) is 0 Å². The van der Waals surface area contributed by atoms with E-state index in [9.17, 15) is 4.79 Å². The molecule has 3 aromatic rings. The Morgan fingerprint density at radius 3 is 2.57 bits per heavy atom. The highest BCUT2D eigenvalue weighted by atomic mass is 16.6. The molecule has 0 saturated heterocycles. The number of allylic oxidation sites excluding steroid dienone is 1. The average molecular weight is 407 g/mol. The summed E-state index contributed by atoms with van der Waals surface area (Å²) in [6.45, 7) is 10.1. The molecule has 30 heavy (non-hydrogen) atoms. The van der Waals surface area contributed by atoms with Crippen LogP contribution < -0.4 is 10.4 Å². The van der Waals surface area contributed by atoms with Crippen LogP contribution in [0.5, 0.6) is 5.75 Å². The van der Waals surface area contributed by atoms with Gasteiger partial charge in [0, 0.05) is 12.6 Å². The van der Waals surface area contributed by atoms with Gasteiger partial charge in [-0.3, -0.25) is 0 Å². The van der Waals surface area contributed by atoms with E-state index in [-0.39, 0.29) is 12.3 Å². The summed E-state index contributed by atoms with van der Waals surface area (Å²) in [5.74, 6) is 0.734. The predicted molar refractivity (Wildman–Crippen MR) is 116 cm³/mol. The third-order valence-corrected chi connectivity index (χ3v) is 4.75. The van der Waals surface area contributed by atoms with Crippen molar-refractivity contribution < 1.29 is 9.57 Å². The van der Waals surface area contributed by atoms with Crippen molar-refractivity contribution in [2.45, 2.75) is 27.4 Å². The minimum atomic E-state index is -0.330. The summed E-state index contributed by atoms with van der Waals surface area (Å²) in [7, 11) is 3.08. The van der Waals surface area contributed by atoms with Gasteiger partial charge >= 0.3 is 5.69 Å². The van der Waals surface area contributed by atoms with Crippen molar-refractivity contribution in [3.63, 3.8) is 0 Å². The molecule has 0 atom stereocenters. The van der Waals surface area contributed by atoms with E-state index in [1.165, 1.54) is 16.5 Å². The second-order valence-electron chi connectivity index (χ2n) is 7.01. The van der Waals surface area contributed by atoms with Crippen LogP contribution in [0.25, 0.3) is 11.3 Å². The lowest BCUT2D eigenvalue weighted by Gasteiger charge is -2.16. The van der Waals surface area contributed by atoms with Gasteiger partial charge in [-0.05, 0) is 72.2 Å². The predicted octanol–water partition coefficient (Wildman–Crippen LogP) is 3.26. The molecule has 0 amide bonds. The third-order valence-electron chi connectivity index (χ3n) is 4.75. The summed E-state index contributed by atoms with van der Waals surface area (Å²) in [6.07, 6.45) is 0. The largest absolute Gasteiger partial charge is 0.489 e. The number of rotatable bonds is 7. The standard InChI is InChI=1S/C22H25N5O3/c1-14(2)18-8-7-9-20(27-22(28)26(5)24-25-27)19(18)13-30-21-11-10-17(12-15(21)3)16(4)23-29-6/h7-12H,1,13H2,2-6H3/b23-16-. The van der Waals surface area contributed by atoms with Crippen molar-refractivity contribution in [2.24, 2.45) is 12.2 Å². The lowest BCUT2D eigenvalue weighted by atomic mass is 10.0. The molecular formula is C22H25N5O3. The second-order valence-corrected chi connectivity index (χ2v) is 7.01. The van der Waals surface area contributed by atoms with Gasteiger partial charge in [0.15, 0.2) is 0 Å². The fourth-order valence-corrected chi connectivity index (χ4v) is 3.17. The van der Waals surface area contributed by atoms with Crippen LogP contribution in [-0.4, -0.2) is 32.6 Å². The zero-order valence-corrected chi connectivity index (χ0v) is 17.8. The number of oxime groups is 1. The van der Waals surface area contributed by atoms with E-state index in [4.69, 9.17) is 9.57 Å². The molecule has 0 N–H and O–H groups in total. The molecule has 0 unspecified atom stereocenters. The van der Waals surface area contributed by atoms with Crippen LogP contribution in [0.3, 0.4) is 0 Å². The Kier molecular flexibility index (Phi) is 6.15. The maximum absolute atomic E-state index is 12.4. The molecule has 0 radical (unpaired) electrons. The molecule has 0 spiro atoms. The first kappa shape index (κ1) is 21.0. The smallest absolute Gasteiger partial charge is 0.368 e. The number of aromatic nitrogens is 4. The van der Waals surface area contributed by atoms with E-state index in [1.54, 1.807) is 7.05 Å². The van der Waals surface area contributed by atoms with Gasteiger partial charge in [0.1, 0.15) is 19.5 Å². The SMILES string of the molecule is C=C(C)c1cccc(-n2nnn(C)c2=O)c1COc1ccc(/C(C)=N\OC)cc1C. The van der Waals surface area contributed by atoms with Crippen molar-refractivity contribution >= 4 is 11.3 Å². The Morgan fingerprint density at radius 2 is 1.97 bits per heavy atom. The molecule has 3 rings (SSSR count). The monoisotopic (exact) mass is 407 g/mol. The van der Waals surface area contributed by atoms with Gasteiger partial charge in [0.05, 0.1) is 11.4 Å². The summed E-state index contributed by atoms with van der Waals surface area (Å²) in [6, 6.07) is 11.5. The minimum Gasteiger partial charge on any atom is -0.489 e. The van der Waals surface area contributed by atoms with Crippen LogP contribution in [0, 0.1) is 6.92 Å². The Balaban J connectivity index is 1.97. The number of aryl methyl sites for hydroxylation is 2. The first-order chi connectivity index (χ1) is 14.3. The first-order valence-electron chi connectivity index (χ1n) is 9.42. The normalized spacial score (nSPS) is 11.4. The highest BCUT2D eigenvalue weighted by Crippen LogP contribution is 2.26. The van der Waals surface area contributed by atoms with Gasteiger partial charge in [0.2, 0.25) is 0 Å². The molecular weight excluding hydrogens is 382 g/mol. The van der Waals surface area contributed by atoms with E-state index in [2.05, 4.69) is 22.2 Å². The molecule has 156 valence electrons. The Hall–Kier alpha value is -3.68. The Labute approximate surface area is 175 Å². The molecule has 0 aliphatic carbocycles. The molecule has 1 aromatic heterocycles. The summed E-state index contributed by atoms with van der Waals surface area (Å²) in [5, 5.41) is 11.8. The molecule has 2 aromatic carbocycles. The number of tetrazole rings is 1. The Morgan fingerprint density at radius 1 is 1.20 bits per heavy atom. The van der Waals surface area contributed by atoms with E-state index in [0.29, 0.717) is 5.69 Å². The number of nitrogens with zero attached hydrogens (tertiary/aromatic N) is 5. The van der Waals surface area contributed by atoms with E-state index in [1.807, 2.05) is 57.2 Å². The minimum absolute atomic E-state index is 0.243. The number of benzene rings is 2. The van der Waals surface area contributed by atoms with Gasteiger partial charge in [-0.2, -0.15) is 9.36 Å². The van der Waals surface area contributed by atoms with Crippen LogP contribution in [0.4, 0.5) is 0 Å². The lowest BCUT2D eigenvalue weighted by Crippen LogP contribution is -2.23. The van der Waals surface area contributed by atoms with Crippen molar-refractivity contribution in [3.8, 4) is 11.4 Å². The average Bonchev–Trinajstić information content (AvgIpc) is 3.05. The number of hydrogen-bond acceptors (Lipinski definition) is 6. The zero-order chi connectivity index (χ0) is 21.8. The van der Waals surface area contributed by atoms with E-state index in [0.717, 1.165) is 39.3 Å². The van der Waals surface area contributed by atoms with E-state index >= 15 is 0 Å². The van der Waals surface area contributed by atoms with Gasteiger partial charge in [0.25, 0.3) is 0 Å². The van der Waals surface area contributed by atoms with Crippen molar-refractivity contribution in [2.75, 3.05) is 7.11 Å². The van der Waals surface area contributed by atoms with E-state index < -0.39 is 0 Å². The fourth-order valence-electron chi connectivity index (χ4n) is 3.17. The molecule has 0 aliphatic heterocycles. The number of ether oxygens (including phenoxy) is 1. The zero-order valence-electron chi connectivity index (χ0n) is 17.8.